The molecule has 0 spiro atoms. The van der Waals surface area contributed by atoms with E-state index >= 15 is 0 Å². The van der Waals surface area contributed by atoms with Gasteiger partial charge in [-0.25, -0.2) is 9.78 Å². The Morgan fingerprint density at radius 2 is 2.24 bits per heavy atom. The number of nitrogens with one attached hydrogen (secondary N) is 1. The number of esters is 1. The fraction of sp³-hybridized carbons (Fsp3) is 0.625. The lowest BCUT2D eigenvalue weighted by Gasteiger charge is -2.33. The fourth-order valence-corrected chi connectivity index (χ4v) is 2.80. The number of carbonyl (C=O) groups is 1. The SMILES string of the molecule is CCOC(=O)c1cccnc1N1CCC(CCNC)CC1. The van der Waals surface area contributed by atoms with E-state index in [1.165, 1.54) is 6.42 Å². The highest BCUT2D eigenvalue weighted by Crippen LogP contribution is 2.26. The molecule has 1 aromatic rings. The summed E-state index contributed by atoms with van der Waals surface area (Å²) in [4.78, 5) is 18.6. The molecule has 0 bridgehead atoms. The van der Waals surface area contributed by atoms with Crippen molar-refractivity contribution in [1.29, 1.82) is 0 Å². The van der Waals surface area contributed by atoms with Gasteiger partial charge in [-0.3, -0.25) is 0 Å². The van der Waals surface area contributed by atoms with Gasteiger partial charge >= 0.3 is 5.97 Å². The van der Waals surface area contributed by atoms with Gasteiger partial charge in [0.2, 0.25) is 0 Å². The van der Waals surface area contributed by atoms with E-state index in [2.05, 4.69) is 15.2 Å². The monoisotopic (exact) mass is 291 g/mol. The van der Waals surface area contributed by atoms with E-state index in [1.807, 2.05) is 14.0 Å². The lowest BCUT2D eigenvalue weighted by molar-refractivity contribution is 0.0526. The van der Waals surface area contributed by atoms with E-state index in [0.717, 1.165) is 44.2 Å². The molecule has 0 aromatic carbocycles. The minimum absolute atomic E-state index is 0.280. The Morgan fingerprint density at radius 3 is 2.90 bits per heavy atom. The molecular weight excluding hydrogens is 266 g/mol. The maximum absolute atomic E-state index is 12.0. The predicted molar refractivity (Wildman–Crippen MR) is 83.7 cm³/mol. The highest BCUT2D eigenvalue weighted by Gasteiger charge is 2.23. The van der Waals surface area contributed by atoms with Crippen LogP contribution in [0.4, 0.5) is 5.82 Å². The minimum Gasteiger partial charge on any atom is -0.462 e. The van der Waals surface area contributed by atoms with Crippen molar-refractivity contribution in [3.63, 3.8) is 0 Å². The number of rotatable bonds is 6. The minimum atomic E-state index is -0.280. The van der Waals surface area contributed by atoms with Crippen LogP contribution in [0.15, 0.2) is 18.3 Å². The van der Waals surface area contributed by atoms with Crippen LogP contribution in [0, 0.1) is 5.92 Å². The Morgan fingerprint density at radius 1 is 1.48 bits per heavy atom. The summed E-state index contributed by atoms with van der Waals surface area (Å²) in [5, 5.41) is 3.21. The molecular formula is C16H25N3O2. The van der Waals surface area contributed by atoms with Crippen LogP contribution in [0.5, 0.6) is 0 Å². The number of pyridine rings is 1. The van der Waals surface area contributed by atoms with Gasteiger partial charge in [0.25, 0.3) is 0 Å². The lowest BCUT2D eigenvalue weighted by atomic mass is 9.93. The Hall–Kier alpha value is -1.62. The Kier molecular flexibility index (Phi) is 5.99. The summed E-state index contributed by atoms with van der Waals surface area (Å²) in [5.41, 5.74) is 0.577. The van der Waals surface area contributed by atoms with Crippen molar-refractivity contribution in [3.05, 3.63) is 23.9 Å². The molecule has 1 fully saturated rings. The number of carbonyl (C=O) groups excluding carboxylic acids is 1. The van der Waals surface area contributed by atoms with Crippen molar-refractivity contribution >= 4 is 11.8 Å². The van der Waals surface area contributed by atoms with Crippen molar-refractivity contribution in [2.45, 2.75) is 26.2 Å². The van der Waals surface area contributed by atoms with Gasteiger partial charge in [-0.2, -0.15) is 0 Å². The van der Waals surface area contributed by atoms with Gasteiger partial charge in [0.15, 0.2) is 0 Å². The number of piperidine rings is 1. The first-order valence-corrected chi connectivity index (χ1v) is 7.78. The highest BCUT2D eigenvalue weighted by atomic mass is 16.5. The largest absolute Gasteiger partial charge is 0.462 e. The average molecular weight is 291 g/mol. The summed E-state index contributed by atoms with van der Waals surface area (Å²) >= 11 is 0. The molecule has 0 radical (unpaired) electrons. The van der Waals surface area contributed by atoms with Gasteiger partial charge < -0.3 is 15.0 Å². The van der Waals surface area contributed by atoms with E-state index in [0.29, 0.717) is 12.2 Å². The van der Waals surface area contributed by atoms with Crippen molar-refractivity contribution in [3.8, 4) is 0 Å². The molecule has 1 saturated heterocycles. The van der Waals surface area contributed by atoms with E-state index in [9.17, 15) is 4.79 Å². The molecule has 2 rings (SSSR count). The van der Waals surface area contributed by atoms with Gasteiger partial charge in [0, 0.05) is 19.3 Å². The van der Waals surface area contributed by atoms with E-state index in [1.54, 1.807) is 18.3 Å². The Balaban J connectivity index is 2.01. The quantitative estimate of drug-likeness (QED) is 0.813. The third kappa shape index (κ3) is 4.17. The number of nitrogens with zero attached hydrogens (tertiary/aromatic N) is 2. The second-order valence-corrected chi connectivity index (χ2v) is 5.42. The van der Waals surface area contributed by atoms with Gasteiger partial charge in [-0.15, -0.1) is 0 Å². The number of hydrogen-bond donors (Lipinski definition) is 1. The van der Waals surface area contributed by atoms with Crippen LogP contribution in [0.1, 0.15) is 36.5 Å². The normalized spacial score (nSPS) is 16.0. The lowest BCUT2D eigenvalue weighted by Crippen LogP contribution is -2.36. The number of aromatic nitrogens is 1. The fourth-order valence-electron chi connectivity index (χ4n) is 2.80. The van der Waals surface area contributed by atoms with E-state index in [4.69, 9.17) is 4.74 Å². The van der Waals surface area contributed by atoms with E-state index in [-0.39, 0.29) is 5.97 Å². The first-order chi connectivity index (χ1) is 10.3. The second kappa shape index (κ2) is 7.98. The molecule has 0 amide bonds. The number of ether oxygens (including phenoxy) is 1. The maximum Gasteiger partial charge on any atom is 0.341 e. The van der Waals surface area contributed by atoms with Gasteiger partial charge in [-0.1, -0.05) is 0 Å². The molecule has 1 aromatic heterocycles. The number of anilines is 1. The molecule has 1 N–H and O–H groups in total. The zero-order chi connectivity index (χ0) is 15.1. The van der Waals surface area contributed by atoms with Crippen molar-refractivity contribution in [2.24, 2.45) is 5.92 Å². The standard InChI is InChI=1S/C16H25N3O2/c1-3-21-16(20)14-5-4-9-18-15(14)19-11-7-13(8-12-19)6-10-17-2/h4-5,9,13,17H,3,6-8,10-12H2,1-2H3. The summed E-state index contributed by atoms with van der Waals surface area (Å²) in [6, 6.07) is 3.59. The van der Waals surface area contributed by atoms with E-state index < -0.39 is 0 Å². The van der Waals surface area contributed by atoms with Crippen molar-refractivity contribution in [2.75, 3.05) is 38.2 Å². The topological polar surface area (TPSA) is 54.5 Å². The van der Waals surface area contributed by atoms with Crippen LogP contribution >= 0.6 is 0 Å². The smallest absolute Gasteiger partial charge is 0.341 e. The molecule has 0 aliphatic carbocycles. The molecule has 5 nitrogen and oxygen atoms in total. The average Bonchev–Trinajstić information content (AvgIpc) is 2.53. The molecule has 21 heavy (non-hydrogen) atoms. The van der Waals surface area contributed by atoms with Gasteiger partial charge in [0.05, 0.1) is 6.61 Å². The van der Waals surface area contributed by atoms with Crippen LogP contribution < -0.4 is 10.2 Å². The van der Waals surface area contributed by atoms with Crippen LogP contribution in [0.2, 0.25) is 0 Å². The zero-order valence-electron chi connectivity index (χ0n) is 13.0. The molecule has 0 saturated carbocycles. The molecule has 5 heteroatoms. The van der Waals surface area contributed by atoms with Crippen LogP contribution in [0.25, 0.3) is 0 Å². The molecule has 1 aliphatic heterocycles. The van der Waals surface area contributed by atoms with Crippen LogP contribution in [-0.4, -0.2) is 44.2 Å². The first kappa shape index (κ1) is 15.8. The molecule has 1 aliphatic rings. The molecule has 0 unspecified atom stereocenters. The van der Waals surface area contributed by atoms with Crippen LogP contribution in [0.3, 0.4) is 0 Å². The molecule has 0 atom stereocenters. The third-order valence-corrected chi connectivity index (χ3v) is 4.00. The molecule has 2 heterocycles. The third-order valence-electron chi connectivity index (χ3n) is 4.00. The predicted octanol–water partition coefficient (Wildman–Crippen LogP) is 2.08. The molecule has 116 valence electrons. The maximum atomic E-state index is 12.0. The Labute approximate surface area is 126 Å². The van der Waals surface area contributed by atoms with Crippen LogP contribution in [-0.2, 0) is 4.74 Å². The highest BCUT2D eigenvalue weighted by molar-refractivity contribution is 5.94. The first-order valence-electron chi connectivity index (χ1n) is 7.78. The summed E-state index contributed by atoms with van der Waals surface area (Å²) in [7, 11) is 1.99. The second-order valence-electron chi connectivity index (χ2n) is 5.42. The van der Waals surface area contributed by atoms with Gasteiger partial charge in [0.1, 0.15) is 11.4 Å². The number of hydrogen-bond acceptors (Lipinski definition) is 5. The summed E-state index contributed by atoms with van der Waals surface area (Å²) in [6.45, 7) is 5.19. The Bertz CT molecular complexity index is 457. The summed E-state index contributed by atoms with van der Waals surface area (Å²) in [5.74, 6) is 1.25. The van der Waals surface area contributed by atoms with Crippen molar-refractivity contribution < 1.29 is 9.53 Å². The van der Waals surface area contributed by atoms with Gasteiger partial charge in [-0.05, 0) is 57.8 Å². The zero-order valence-corrected chi connectivity index (χ0v) is 13.0. The summed E-state index contributed by atoms with van der Waals surface area (Å²) < 4.78 is 5.12. The summed E-state index contributed by atoms with van der Waals surface area (Å²) in [6.07, 6.45) is 5.27. The van der Waals surface area contributed by atoms with Crippen molar-refractivity contribution in [1.82, 2.24) is 10.3 Å².